The van der Waals surface area contributed by atoms with Crippen LogP contribution < -0.4 is 10.2 Å². The van der Waals surface area contributed by atoms with Crippen LogP contribution in [0.5, 0.6) is 0 Å². The number of hydrogen-bond donors (Lipinski definition) is 1. The van der Waals surface area contributed by atoms with Crippen molar-refractivity contribution >= 4 is 5.82 Å². The Morgan fingerprint density at radius 1 is 1.32 bits per heavy atom. The van der Waals surface area contributed by atoms with Gasteiger partial charge in [-0.1, -0.05) is 0 Å². The normalized spacial score (nSPS) is 20.3. The van der Waals surface area contributed by atoms with E-state index < -0.39 is 0 Å². The highest BCUT2D eigenvalue weighted by Crippen LogP contribution is 2.28. The van der Waals surface area contributed by atoms with Gasteiger partial charge in [-0.05, 0) is 50.3 Å². The van der Waals surface area contributed by atoms with Gasteiger partial charge in [-0.25, -0.2) is 4.98 Å². The van der Waals surface area contributed by atoms with Crippen LogP contribution in [0, 0.1) is 17.2 Å². The van der Waals surface area contributed by atoms with Gasteiger partial charge in [0.15, 0.2) is 0 Å². The molecule has 1 saturated heterocycles. The summed E-state index contributed by atoms with van der Waals surface area (Å²) in [6.45, 7) is 3.18. The van der Waals surface area contributed by atoms with E-state index in [1.54, 1.807) is 6.20 Å². The fourth-order valence-electron chi connectivity index (χ4n) is 2.69. The van der Waals surface area contributed by atoms with Crippen LogP contribution in [0.4, 0.5) is 5.82 Å². The van der Waals surface area contributed by atoms with Crippen molar-refractivity contribution < 1.29 is 0 Å². The molecule has 0 radical (unpaired) electrons. The first-order valence-corrected chi connectivity index (χ1v) is 7.20. The molecule has 2 heterocycles. The summed E-state index contributed by atoms with van der Waals surface area (Å²) in [4.78, 5) is 6.61. The van der Waals surface area contributed by atoms with Crippen LogP contribution in [0.1, 0.15) is 31.2 Å². The molecule has 1 saturated carbocycles. The molecule has 4 heteroatoms. The van der Waals surface area contributed by atoms with Gasteiger partial charge in [-0.15, -0.1) is 0 Å². The summed E-state index contributed by atoms with van der Waals surface area (Å²) in [7, 11) is 0. The van der Waals surface area contributed by atoms with E-state index in [0.29, 0.717) is 11.6 Å². The minimum absolute atomic E-state index is 0.645. The van der Waals surface area contributed by atoms with Crippen molar-refractivity contribution in [2.75, 3.05) is 24.5 Å². The molecule has 2 fully saturated rings. The number of nitrogens with zero attached hydrogens (tertiary/aromatic N) is 3. The van der Waals surface area contributed by atoms with Gasteiger partial charge in [0, 0.05) is 25.3 Å². The number of nitriles is 1. The number of pyridine rings is 1. The molecular weight excluding hydrogens is 236 g/mol. The van der Waals surface area contributed by atoms with Crippen LogP contribution in [0.25, 0.3) is 0 Å². The Labute approximate surface area is 114 Å². The van der Waals surface area contributed by atoms with Crippen LogP contribution in [0.3, 0.4) is 0 Å². The molecule has 1 aliphatic carbocycles. The lowest BCUT2D eigenvalue weighted by Gasteiger charge is -2.33. The van der Waals surface area contributed by atoms with Gasteiger partial charge in [0.05, 0.1) is 5.56 Å². The van der Waals surface area contributed by atoms with Crippen molar-refractivity contribution in [3.63, 3.8) is 0 Å². The third kappa shape index (κ3) is 3.05. The van der Waals surface area contributed by atoms with Crippen molar-refractivity contribution in [2.24, 2.45) is 5.92 Å². The van der Waals surface area contributed by atoms with Crippen LogP contribution in [-0.2, 0) is 0 Å². The van der Waals surface area contributed by atoms with E-state index in [9.17, 15) is 0 Å². The van der Waals surface area contributed by atoms with Gasteiger partial charge >= 0.3 is 0 Å². The summed E-state index contributed by atoms with van der Waals surface area (Å²) < 4.78 is 0. The van der Waals surface area contributed by atoms with Gasteiger partial charge in [0.25, 0.3) is 0 Å². The highest BCUT2D eigenvalue weighted by atomic mass is 15.2. The number of anilines is 1. The SMILES string of the molecule is N#Cc1cccnc1N1CCC(NCC2CC2)CC1. The maximum atomic E-state index is 9.12. The van der Waals surface area contributed by atoms with E-state index in [1.807, 2.05) is 12.1 Å². The van der Waals surface area contributed by atoms with Crippen molar-refractivity contribution in [1.82, 2.24) is 10.3 Å². The molecule has 1 aromatic heterocycles. The summed E-state index contributed by atoms with van der Waals surface area (Å²) in [6.07, 6.45) is 6.88. The summed E-state index contributed by atoms with van der Waals surface area (Å²) in [6, 6.07) is 6.55. The number of rotatable bonds is 4. The average Bonchev–Trinajstić information content (AvgIpc) is 3.30. The van der Waals surface area contributed by atoms with Crippen LogP contribution in [0.15, 0.2) is 18.3 Å². The second-order valence-electron chi connectivity index (χ2n) is 5.60. The molecule has 1 N–H and O–H groups in total. The lowest BCUT2D eigenvalue weighted by atomic mass is 10.0. The third-order valence-electron chi connectivity index (χ3n) is 4.09. The Balaban J connectivity index is 1.55. The maximum absolute atomic E-state index is 9.12. The first-order valence-electron chi connectivity index (χ1n) is 7.20. The quantitative estimate of drug-likeness (QED) is 0.894. The second-order valence-corrected chi connectivity index (χ2v) is 5.60. The molecule has 0 atom stereocenters. The maximum Gasteiger partial charge on any atom is 0.146 e. The predicted octanol–water partition coefficient (Wildman–Crippen LogP) is 1.92. The fraction of sp³-hybridized carbons (Fsp3) is 0.600. The first kappa shape index (κ1) is 12.4. The zero-order valence-electron chi connectivity index (χ0n) is 11.2. The topological polar surface area (TPSA) is 52.0 Å². The molecule has 0 spiro atoms. The molecular formula is C15H20N4. The highest BCUT2D eigenvalue weighted by molar-refractivity contribution is 5.53. The van der Waals surface area contributed by atoms with Crippen molar-refractivity contribution in [3.8, 4) is 6.07 Å². The van der Waals surface area contributed by atoms with Crippen LogP contribution >= 0.6 is 0 Å². The minimum atomic E-state index is 0.645. The van der Waals surface area contributed by atoms with Gasteiger partial charge in [0.2, 0.25) is 0 Å². The van der Waals surface area contributed by atoms with Crippen molar-refractivity contribution in [3.05, 3.63) is 23.9 Å². The first-order chi connectivity index (χ1) is 9.36. The molecule has 19 heavy (non-hydrogen) atoms. The largest absolute Gasteiger partial charge is 0.355 e. The van der Waals surface area contributed by atoms with Gasteiger partial charge in [-0.3, -0.25) is 0 Å². The summed E-state index contributed by atoms with van der Waals surface area (Å²) >= 11 is 0. The van der Waals surface area contributed by atoms with Crippen molar-refractivity contribution in [2.45, 2.75) is 31.7 Å². The zero-order chi connectivity index (χ0) is 13.1. The van der Waals surface area contributed by atoms with E-state index in [4.69, 9.17) is 5.26 Å². The van der Waals surface area contributed by atoms with E-state index in [2.05, 4.69) is 21.3 Å². The Morgan fingerprint density at radius 2 is 2.11 bits per heavy atom. The molecule has 0 aromatic carbocycles. The Hall–Kier alpha value is -1.60. The predicted molar refractivity (Wildman–Crippen MR) is 74.9 cm³/mol. The molecule has 0 amide bonds. The van der Waals surface area contributed by atoms with Gasteiger partial charge in [-0.2, -0.15) is 5.26 Å². The molecule has 4 nitrogen and oxygen atoms in total. The second kappa shape index (κ2) is 5.58. The fourth-order valence-corrected chi connectivity index (χ4v) is 2.69. The third-order valence-corrected chi connectivity index (χ3v) is 4.09. The highest BCUT2D eigenvalue weighted by Gasteiger charge is 2.25. The number of aromatic nitrogens is 1. The smallest absolute Gasteiger partial charge is 0.146 e. The zero-order valence-corrected chi connectivity index (χ0v) is 11.2. The number of hydrogen-bond acceptors (Lipinski definition) is 4. The molecule has 0 bridgehead atoms. The molecule has 100 valence electrons. The van der Waals surface area contributed by atoms with E-state index >= 15 is 0 Å². The van der Waals surface area contributed by atoms with E-state index in [1.165, 1.54) is 19.4 Å². The Morgan fingerprint density at radius 3 is 2.79 bits per heavy atom. The number of nitrogens with one attached hydrogen (secondary N) is 1. The van der Waals surface area contributed by atoms with E-state index in [0.717, 1.165) is 37.7 Å². The average molecular weight is 256 g/mol. The molecule has 1 aromatic rings. The van der Waals surface area contributed by atoms with Crippen LogP contribution in [-0.4, -0.2) is 30.7 Å². The molecule has 0 unspecified atom stereocenters. The van der Waals surface area contributed by atoms with Crippen LogP contribution in [0.2, 0.25) is 0 Å². The summed E-state index contributed by atoms with van der Waals surface area (Å²) in [5, 5.41) is 12.8. The summed E-state index contributed by atoms with van der Waals surface area (Å²) in [5.74, 6) is 1.80. The lowest BCUT2D eigenvalue weighted by Crippen LogP contribution is -2.43. The van der Waals surface area contributed by atoms with Crippen molar-refractivity contribution in [1.29, 1.82) is 5.26 Å². The number of piperidine rings is 1. The summed E-state index contributed by atoms with van der Waals surface area (Å²) in [5.41, 5.74) is 0.687. The minimum Gasteiger partial charge on any atom is -0.355 e. The molecule has 1 aliphatic heterocycles. The lowest BCUT2D eigenvalue weighted by molar-refractivity contribution is 0.407. The van der Waals surface area contributed by atoms with Gasteiger partial charge < -0.3 is 10.2 Å². The monoisotopic (exact) mass is 256 g/mol. The Bertz CT molecular complexity index is 467. The standard InChI is InChI=1S/C15H20N4/c16-10-13-2-1-7-17-15(13)19-8-5-14(6-9-19)18-11-12-3-4-12/h1-2,7,12,14,18H,3-6,8-9,11H2. The molecule has 2 aliphatic rings. The Kier molecular flexibility index (Phi) is 3.65. The molecule has 3 rings (SSSR count). The van der Waals surface area contributed by atoms with E-state index in [-0.39, 0.29) is 0 Å². The van der Waals surface area contributed by atoms with Gasteiger partial charge in [0.1, 0.15) is 11.9 Å².